The minimum Gasteiger partial charge on any atom is -0.388 e. The molecule has 1 fully saturated rings. The summed E-state index contributed by atoms with van der Waals surface area (Å²) in [4.78, 5) is 25.8. The van der Waals surface area contributed by atoms with E-state index < -0.39 is 30.1 Å². The molecule has 2 amide bonds. The number of nitrogens with zero attached hydrogens (tertiary/aromatic N) is 1. The summed E-state index contributed by atoms with van der Waals surface area (Å²) in [5.74, 6) is -0.982. The molecule has 1 heterocycles. The number of methoxy groups -OCH3 is 1. The predicted molar refractivity (Wildman–Crippen MR) is 88.5 cm³/mol. The second-order valence-corrected chi connectivity index (χ2v) is 5.80. The first kappa shape index (κ1) is 19.3. The fourth-order valence-electron chi connectivity index (χ4n) is 2.65. The fraction of sp³-hybridized carbons (Fsp3) is 0.529. The number of likely N-dealkylation sites (tertiary alicyclic amines) is 1. The topological polar surface area (TPSA) is 108 Å². The number of ether oxygens (including phenoxy) is 2. The number of amides is 2. The standard InChI is InChI=1S/C17H24N2O6/c1-24-7-8-25-11-14(21)19-10-13(20)16(22)15(19)17(23)18-9-12-5-3-2-4-6-12/h2-6,13,15-16,20,22H,7-11H2,1H3,(H,18,23)/t13-,15?,16+/m0/s1. The van der Waals surface area contributed by atoms with E-state index in [4.69, 9.17) is 9.47 Å². The molecule has 0 radical (unpaired) electrons. The number of aliphatic hydroxyl groups excluding tert-OH is 2. The average Bonchev–Trinajstić information content (AvgIpc) is 2.92. The molecule has 1 unspecified atom stereocenters. The van der Waals surface area contributed by atoms with Crippen molar-refractivity contribution in [1.82, 2.24) is 10.2 Å². The highest BCUT2D eigenvalue weighted by molar-refractivity contribution is 5.89. The highest BCUT2D eigenvalue weighted by Gasteiger charge is 2.46. The number of β-amino-alcohol motifs (C(OH)–C–C–N with tert-alkyl or cyclic N) is 1. The van der Waals surface area contributed by atoms with Crippen molar-refractivity contribution in [2.75, 3.05) is 33.5 Å². The summed E-state index contributed by atoms with van der Waals surface area (Å²) in [7, 11) is 1.52. The van der Waals surface area contributed by atoms with Crippen LogP contribution in [0.3, 0.4) is 0 Å². The average molecular weight is 352 g/mol. The zero-order valence-electron chi connectivity index (χ0n) is 14.1. The smallest absolute Gasteiger partial charge is 0.249 e. The first-order chi connectivity index (χ1) is 12.0. The normalized spacial score (nSPS) is 22.8. The molecule has 1 aliphatic rings. The Hall–Kier alpha value is -2.00. The van der Waals surface area contributed by atoms with E-state index in [-0.39, 0.29) is 26.3 Å². The molecule has 2 rings (SSSR count). The van der Waals surface area contributed by atoms with E-state index in [2.05, 4.69) is 5.32 Å². The lowest BCUT2D eigenvalue weighted by molar-refractivity contribution is -0.144. The van der Waals surface area contributed by atoms with Crippen molar-refractivity contribution in [1.29, 1.82) is 0 Å². The van der Waals surface area contributed by atoms with Crippen molar-refractivity contribution in [3.63, 3.8) is 0 Å². The van der Waals surface area contributed by atoms with Gasteiger partial charge < -0.3 is 29.9 Å². The van der Waals surface area contributed by atoms with Gasteiger partial charge in [0.15, 0.2) is 0 Å². The molecule has 1 aliphatic heterocycles. The third-order valence-electron chi connectivity index (χ3n) is 3.99. The SMILES string of the molecule is COCCOCC(=O)N1C[C@H](O)[C@@H](O)C1C(=O)NCc1ccccc1. The molecule has 0 aliphatic carbocycles. The molecule has 1 saturated heterocycles. The Morgan fingerprint density at radius 3 is 2.64 bits per heavy atom. The highest BCUT2D eigenvalue weighted by Crippen LogP contribution is 2.19. The van der Waals surface area contributed by atoms with E-state index in [9.17, 15) is 19.8 Å². The maximum Gasteiger partial charge on any atom is 0.249 e. The molecule has 8 nitrogen and oxygen atoms in total. The van der Waals surface area contributed by atoms with Crippen LogP contribution in [0.15, 0.2) is 30.3 Å². The first-order valence-electron chi connectivity index (χ1n) is 8.08. The van der Waals surface area contributed by atoms with E-state index in [1.54, 1.807) is 0 Å². The van der Waals surface area contributed by atoms with Crippen LogP contribution in [0, 0.1) is 0 Å². The van der Waals surface area contributed by atoms with Crippen molar-refractivity contribution in [3.05, 3.63) is 35.9 Å². The number of aliphatic hydroxyl groups is 2. The van der Waals surface area contributed by atoms with E-state index >= 15 is 0 Å². The second-order valence-electron chi connectivity index (χ2n) is 5.80. The summed E-state index contributed by atoms with van der Waals surface area (Å²) >= 11 is 0. The van der Waals surface area contributed by atoms with Gasteiger partial charge in [0.2, 0.25) is 11.8 Å². The third kappa shape index (κ3) is 5.23. The first-order valence-corrected chi connectivity index (χ1v) is 8.08. The van der Waals surface area contributed by atoms with Gasteiger partial charge in [-0.05, 0) is 5.56 Å². The summed E-state index contributed by atoms with van der Waals surface area (Å²) in [5, 5.41) is 22.6. The maximum atomic E-state index is 12.4. The van der Waals surface area contributed by atoms with E-state index in [0.717, 1.165) is 10.5 Å². The van der Waals surface area contributed by atoms with Gasteiger partial charge >= 0.3 is 0 Å². The van der Waals surface area contributed by atoms with Crippen molar-refractivity contribution in [2.24, 2.45) is 0 Å². The number of hydrogen-bond donors (Lipinski definition) is 3. The molecule has 25 heavy (non-hydrogen) atoms. The van der Waals surface area contributed by atoms with Gasteiger partial charge in [-0.3, -0.25) is 9.59 Å². The van der Waals surface area contributed by atoms with Crippen LogP contribution >= 0.6 is 0 Å². The molecule has 1 aromatic carbocycles. The molecule has 3 atom stereocenters. The Kier molecular flexibility index (Phi) is 7.32. The van der Waals surface area contributed by atoms with Gasteiger partial charge in [0, 0.05) is 13.7 Å². The van der Waals surface area contributed by atoms with E-state index in [1.165, 1.54) is 7.11 Å². The molecular weight excluding hydrogens is 328 g/mol. The Balaban J connectivity index is 1.94. The Labute approximate surface area is 146 Å². The molecule has 0 aromatic heterocycles. The minimum atomic E-state index is -1.33. The predicted octanol–water partition coefficient (Wildman–Crippen LogP) is -1.10. The van der Waals surface area contributed by atoms with Crippen LogP contribution in [0.25, 0.3) is 0 Å². The number of benzene rings is 1. The van der Waals surface area contributed by atoms with Crippen LogP contribution < -0.4 is 5.32 Å². The van der Waals surface area contributed by atoms with Crippen molar-refractivity contribution in [3.8, 4) is 0 Å². The van der Waals surface area contributed by atoms with Crippen molar-refractivity contribution < 1.29 is 29.3 Å². The summed E-state index contributed by atoms with van der Waals surface area (Å²) in [5.41, 5.74) is 0.893. The molecule has 138 valence electrons. The van der Waals surface area contributed by atoms with E-state index in [0.29, 0.717) is 6.61 Å². The fourth-order valence-corrected chi connectivity index (χ4v) is 2.65. The zero-order valence-corrected chi connectivity index (χ0v) is 14.1. The van der Waals surface area contributed by atoms with Crippen LogP contribution in [0.1, 0.15) is 5.56 Å². The van der Waals surface area contributed by atoms with Crippen LogP contribution in [0.2, 0.25) is 0 Å². The molecule has 0 bridgehead atoms. The molecular formula is C17H24N2O6. The summed E-state index contributed by atoms with van der Waals surface area (Å²) in [6.45, 7) is 0.499. The minimum absolute atomic E-state index is 0.114. The Morgan fingerprint density at radius 1 is 1.24 bits per heavy atom. The molecule has 1 aromatic rings. The zero-order chi connectivity index (χ0) is 18.2. The largest absolute Gasteiger partial charge is 0.388 e. The number of rotatable bonds is 8. The summed E-state index contributed by atoms with van der Waals surface area (Å²) < 4.78 is 9.99. The number of nitrogens with one attached hydrogen (secondary N) is 1. The molecule has 3 N–H and O–H groups in total. The molecule has 0 spiro atoms. The van der Waals surface area contributed by atoms with Crippen LogP contribution in [0.5, 0.6) is 0 Å². The van der Waals surface area contributed by atoms with Gasteiger partial charge in [0.25, 0.3) is 0 Å². The molecule has 0 saturated carbocycles. The Morgan fingerprint density at radius 2 is 1.96 bits per heavy atom. The van der Waals surface area contributed by atoms with Gasteiger partial charge in [0.05, 0.1) is 25.9 Å². The van der Waals surface area contributed by atoms with Gasteiger partial charge in [-0.1, -0.05) is 30.3 Å². The van der Waals surface area contributed by atoms with Gasteiger partial charge in [0.1, 0.15) is 18.8 Å². The molecule has 8 heteroatoms. The quantitative estimate of drug-likeness (QED) is 0.513. The van der Waals surface area contributed by atoms with Crippen LogP contribution in [-0.4, -0.2) is 78.7 Å². The van der Waals surface area contributed by atoms with Crippen molar-refractivity contribution in [2.45, 2.75) is 24.8 Å². The lowest BCUT2D eigenvalue weighted by Gasteiger charge is -2.25. The lowest BCUT2D eigenvalue weighted by Crippen LogP contribution is -2.51. The van der Waals surface area contributed by atoms with Crippen LogP contribution in [-0.2, 0) is 25.6 Å². The monoisotopic (exact) mass is 352 g/mol. The third-order valence-corrected chi connectivity index (χ3v) is 3.99. The summed E-state index contributed by atoms with van der Waals surface area (Å²) in [6.07, 6.45) is -2.51. The number of carbonyl (C=O) groups is 2. The second kappa shape index (κ2) is 9.47. The van der Waals surface area contributed by atoms with Crippen LogP contribution in [0.4, 0.5) is 0 Å². The van der Waals surface area contributed by atoms with E-state index in [1.807, 2.05) is 30.3 Å². The lowest BCUT2D eigenvalue weighted by atomic mass is 10.1. The Bertz CT molecular complexity index is 568. The number of carbonyl (C=O) groups excluding carboxylic acids is 2. The maximum absolute atomic E-state index is 12.4. The summed E-state index contributed by atoms with van der Waals surface area (Å²) in [6, 6.07) is 8.13. The van der Waals surface area contributed by atoms with Crippen molar-refractivity contribution >= 4 is 11.8 Å². The van der Waals surface area contributed by atoms with Gasteiger partial charge in [-0.25, -0.2) is 0 Å². The number of hydrogen-bond acceptors (Lipinski definition) is 6. The van der Waals surface area contributed by atoms with Gasteiger partial charge in [-0.2, -0.15) is 0 Å². The highest BCUT2D eigenvalue weighted by atomic mass is 16.5. The van der Waals surface area contributed by atoms with Gasteiger partial charge in [-0.15, -0.1) is 0 Å².